The Balaban J connectivity index is 1.74. The predicted octanol–water partition coefficient (Wildman–Crippen LogP) is 1.90. The number of aromatic nitrogens is 4. The number of carbonyl (C=O) groups excluding carboxylic acids is 2. The molecule has 1 N–H and O–H groups in total. The molecule has 0 atom stereocenters. The maximum atomic E-state index is 12.4. The smallest absolute Gasteiger partial charge is 0.274 e. The Hall–Kier alpha value is -3.55. The lowest BCUT2D eigenvalue weighted by atomic mass is 10.3. The Kier molecular flexibility index (Phi) is 4.51. The first-order valence-corrected chi connectivity index (χ1v) is 7.51. The molecular weight excluding hydrogens is 320 g/mol. The molecule has 0 bridgehead atoms. The van der Waals surface area contributed by atoms with Gasteiger partial charge in [-0.05, 0) is 24.3 Å². The van der Waals surface area contributed by atoms with Crippen molar-refractivity contribution in [3.63, 3.8) is 0 Å². The molecule has 0 fully saturated rings. The summed E-state index contributed by atoms with van der Waals surface area (Å²) in [5.74, 6) is 0.633. The predicted molar refractivity (Wildman–Crippen MR) is 92.6 cm³/mol. The first kappa shape index (κ1) is 16.3. The van der Waals surface area contributed by atoms with E-state index in [9.17, 15) is 9.59 Å². The van der Waals surface area contributed by atoms with Crippen molar-refractivity contribution < 1.29 is 9.59 Å². The van der Waals surface area contributed by atoms with Crippen LogP contribution in [-0.2, 0) is 4.79 Å². The second-order valence-electron chi connectivity index (χ2n) is 5.29. The van der Waals surface area contributed by atoms with Crippen LogP contribution in [-0.4, -0.2) is 38.4 Å². The van der Waals surface area contributed by atoms with Gasteiger partial charge in [-0.25, -0.2) is 15.0 Å². The first-order chi connectivity index (χ1) is 12.0. The largest absolute Gasteiger partial charge is 0.319 e. The van der Waals surface area contributed by atoms with Crippen molar-refractivity contribution in [2.24, 2.45) is 0 Å². The molecule has 0 aliphatic carbocycles. The standard InChI is InChI=1S/C17H16N6O2/c1-12(24)22(2)15-7-6-13(10-19-15)20-17(25)14-4-3-5-16(21-14)23-9-8-18-11-23/h3-11H,1-2H3,(H,20,25). The van der Waals surface area contributed by atoms with Gasteiger partial charge in [-0.15, -0.1) is 0 Å². The van der Waals surface area contributed by atoms with Gasteiger partial charge in [-0.3, -0.25) is 14.2 Å². The lowest BCUT2D eigenvalue weighted by Gasteiger charge is -2.14. The van der Waals surface area contributed by atoms with Gasteiger partial charge in [0.25, 0.3) is 5.91 Å². The average molecular weight is 336 g/mol. The average Bonchev–Trinajstić information content (AvgIpc) is 3.16. The molecule has 3 heterocycles. The molecular formula is C17H16N6O2. The molecule has 25 heavy (non-hydrogen) atoms. The maximum Gasteiger partial charge on any atom is 0.274 e. The molecule has 2 amide bonds. The second-order valence-corrected chi connectivity index (χ2v) is 5.29. The van der Waals surface area contributed by atoms with Crippen molar-refractivity contribution in [3.05, 3.63) is 60.9 Å². The normalized spacial score (nSPS) is 10.3. The number of imidazole rings is 1. The van der Waals surface area contributed by atoms with Crippen molar-refractivity contribution in [2.45, 2.75) is 6.92 Å². The summed E-state index contributed by atoms with van der Waals surface area (Å²) in [5.41, 5.74) is 0.789. The number of pyridine rings is 2. The molecule has 0 radical (unpaired) electrons. The summed E-state index contributed by atoms with van der Waals surface area (Å²) >= 11 is 0. The number of hydrogen-bond acceptors (Lipinski definition) is 5. The summed E-state index contributed by atoms with van der Waals surface area (Å²) < 4.78 is 1.71. The highest BCUT2D eigenvalue weighted by Crippen LogP contribution is 2.14. The highest BCUT2D eigenvalue weighted by molar-refractivity contribution is 6.03. The number of amides is 2. The highest BCUT2D eigenvalue weighted by atomic mass is 16.2. The van der Waals surface area contributed by atoms with Crippen LogP contribution in [0.25, 0.3) is 5.82 Å². The molecule has 3 aromatic rings. The van der Waals surface area contributed by atoms with Gasteiger partial charge >= 0.3 is 0 Å². The quantitative estimate of drug-likeness (QED) is 0.785. The molecule has 0 saturated carbocycles. The minimum Gasteiger partial charge on any atom is -0.319 e. The fourth-order valence-corrected chi connectivity index (χ4v) is 2.10. The minimum atomic E-state index is -0.351. The molecule has 8 nitrogen and oxygen atoms in total. The van der Waals surface area contributed by atoms with E-state index in [-0.39, 0.29) is 17.5 Å². The van der Waals surface area contributed by atoms with E-state index in [2.05, 4.69) is 20.3 Å². The van der Waals surface area contributed by atoms with Crippen LogP contribution in [0, 0.1) is 0 Å². The van der Waals surface area contributed by atoms with Crippen molar-refractivity contribution in [1.82, 2.24) is 19.5 Å². The third kappa shape index (κ3) is 3.69. The number of anilines is 2. The van der Waals surface area contributed by atoms with E-state index in [1.54, 1.807) is 60.7 Å². The summed E-state index contributed by atoms with van der Waals surface area (Å²) in [4.78, 5) is 37.6. The van der Waals surface area contributed by atoms with Gasteiger partial charge in [0, 0.05) is 26.4 Å². The lowest BCUT2D eigenvalue weighted by molar-refractivity contribution is -0.116. The van der Waals surface area contributed by atoms with E-state index in [1.807, 2.05) is 0 Å². The number of nitrogens with zero attached hydrogens (tertiary/aromatic N) is 5. The van der Waals surface area contributed by atoms with Gasteiger partial charge in [-0.2, -0.15) is 0 Å². The number of nitrogens with one attached hydrogen (secondary N) is 1. The second kappa shape index (κ2) is 6.91. The minimum absolute atomic E-state index is 0.121. The molecule has 0 aliphatic heterocycles. The van der Waals surface area contributed by atoms with Crippen LogP contribution in [0.2, 0.25) is 0 Å². The third-order valence-corrected chi connectivity index (χ3v) is 3.56. The lowest BCUT2D eigenvalue weighted by Crippen LogP contribution is -2.23. The molecule has 0 spiro atoms. The van der Waals surface area contributed by atoms with E-state index < -0.39 is 0 Å². The van der Waals surface area contributed by atoms with Crippen LogP contribution in [0.4, 0.5) is 11.5 Å². The molecule has 0 unspecified atom stereocenters. The van der Waals surface area contributed by atoms with Gasteiger partial charge in [0.15, 0.2) is 0 Å². The molecule has 3 rings (SSSR count). The molecule has 0 aliphatic rings. The van der Waals surface area contributed by atoms with Crippen LogP contribution in [0.15, 0.2) is 55.2 Å². The summed E-state index contributed by atoms with van der Waals surface area (Å²) in [5, 5.41) is 2.73. The van der Waals surface area contributed by atoms with Crippen LogP contribution in [0.1, 0.15) is 17.4 Å². The maximum absolute atomic E-state index is 12.4. The van der Waals surface area contributed by atoms with Crippen molar-refractivity contribution in [2.75, 3.05) is 17.3 Å². The zero-order valence-electron chi connectivity index (χ0n) is 13.7. The molecule has 0 saturated heterocycles. The topological polar surface area (TPSA) is 93.0 Å². The third-order valence-electron chi connectivity index (χ3n) is 3.56. The monoisotopic (exact) mass is 336 g/mol. The molecule has 126 valence electrons. The zero-order chi connectivity index (χ0) is 17.8. The van der Waals surface area contributed by atoms with Crippen molar-refractivity contribution in [3.8, 4) is 5.82 Å². The summed E-state index contributed by atoms with van der Waals surface area (Å²) in [6.45, 7) is 1.45. The summed E-state index contributed by atoms with van der Waals surface area (Å²) in [7, 11) is 1.63. The summed E-state index contributed by atoms with van der Waals surface area (Å²) in [6.07, 6.45) is 6.49. The van der Waals surface area contributed by atoms with Gasteiger partial charge in [-0.1, -0.05) is 6.07 Å². The van der Waals surface area contributed by atoms with Crippen LogP contribution in [0.5, 0.6) is 0 Å². The Labute approximate surface area is 144 Å². The molecule has 8 heteroatoms. The fourth-order valence-electron chi connectivity index (χ4n) is 2.10. The molecule has 0 aromatic carbocycles. The van der Waals surface area contributed by atoms with Crippen LogP contribution in [0.3, 0.4) is 0 Å². The van der Waals surface area contributed by atoms with Gasteiger partial charge in [0.2, 0.25) is 5.91 Å². The first-order valence-electron chi connectivity index (χ1n) is 7.51. The Morgan fingerprint density at radius 1 is 1.20 bits per heavy atom. The number of hydrogen-bond donors (Lipinski definition) is 1. The number of carbonyl (C=O) groups is 2. The van der Waals surface area contributed by atoms with Crippen LogP contribution < -0.4 is 10.2 Å². The summed E-state index contributed by atoms with van der Waals surface area (Å²) in [6, 6.07) is 8.50. The van der Waals surface area contributed by atoms with Gasteiger partial charge in [0.05, 0.1) is 11.9 Å². The SMILES string of the molecule is CC(=O)N(C)c1ccc(NC(=O)c2cccc(-n3ccnc3)n2)cn1. The van der Waals surface area contributed by atoms with E-state index in [4.69, 9.17) is 0 Å². The Morgan fingerprint density at radius 3 is 2.68 bits per heavy atom. The zero-order valence-corrected chi connectivity index (χ0v) is 13.7. The van der Waals surface area contributed by atoms with Crippen molar-refractivity contribution in [1.29, 1.82) is 0 Å². The van der Waals surface area contributed by atoms with E-state index in [0.29, 0.717) is 17.3 Å². The van der Waals surface area contributed by atoms with Gasteiger partial charge in [0.1, 0.15) is 23.7 Å². The highest BCUT2D eigenvalue weighted by Gasteiger charge is 2.11. The fraction of sp³-hybridized carbons (Fsp3) is 0.118. The van der Waals surface area contributed by atoms with E-state index in [1.165, 1.54) is 18.0 Å². The van der Waals surface area contributed by atoms with E-state index in [0.717, 1.165) is 0 Å². The Bertz CT molecular complexity index is 890. The Morgan fingerprint density at radius 2 is 2.04 bits per heavy atom. The van der Waals surface area contributed by atoms with Crippen LogP contribution >= 0.6 is 0 Å². The van der Waals surface area contributed by atoms with E-state index >= 15 is 0 Å². The number of rotatable bonds is 4. The van der Waals surface area contributed by atoms with Crippen molar-refractivity contribution >= 4 is 23.3 Å². The van der Waals surface area contributed by atoms with Gasteiger partial charge < -0.3 is 10.2 Å². The molecule has 3 aromatic heterocycles.